The van der Waals surface area contributed by atoms with Crippen LogP contribution in [-0.2, 0) is 11.3 Å². The van der Waals surface area contributed by atoms with Gasteiger partial charge in [0.2, 0.25) is 0 Å². The first-order chi connectivity index (χ1) is 6.16. The summed E-state index contributed by atoms with van der Waals surface area (Å²) in [6.45, 7) is 4.39. The molecule has 0 spiro atoms. The summed E-state index contributed by atoms with van der Waals surface area (Å²) in [4.78, 5) is 10.9. The highest BCUT2D eigenvalue weighted by molar-refractivity contribution is 5.88. The maximum Gasteiger partial charge on any atom is 0.411 e. The number of rotatable bonds is 0. The molecule has 68 valence electrons. The third-order valence-electron chi connectivity index (χ3n) is 2.15. The van der Waals surface area contributed by atoms with E-state index in [0.717, 1.165) is 16.8 Å². The van der Waals surface area contributed by atoms with E-state index in [4.69, 9.17) is 4.74 Å². The molecule has 13 heavy (non-hydrogen) atoms. The first-order valence-electron chi connectivity index (χ1n) is 4.21. The fourth-order valence-corrected chi connectivity index (χ4v) is 1.63. The number of fused-ring (bicyclic) bond motifs is 1. The van der Waals surface area contributed by atoms with Crippen molar-refractivity contribution in [1.29, 1.82) is 0 Å². The molecule has 1 N–H and O–H groups in total. The Hall–Kier alpha value is -1.51. The van der Waals surface area contributed by atoms with Gasteiger partial charge < -0.3 is 4.74 Å². The second-order valence-corrected chi connectivity index (χ2v) is 3.32. The van der Waals surface area contributed by atoms with Crippen molar-refractivity contribution in [2.24, 2.45) is 0 Å². The monoisotopic (exact) mass is 177 g/mol. The zero-order valence-corrected chi connectivity index (χ0v) is 7.68. The number of hydrogen-bond donors (Lipinski definition) is 1. The van der Waals surface area contributed by atoms with E-state index in [-0.39, 0.29) is 6.09 Å². The Kier molecular flexibility index (Phi) is 1.72. The Morgan fingerprint density at radius 1 is 1.38 bits per heavy atom. The van der Waals surface area contributed by atoms with Crippen LogP contribution in [0.1, 0.15) is 16.7 Å². The van der Waals surface area contributed by atoms with Gasteiger partial charge in [-0.15, -0.1) is 0 Å². The van der Waals surface area contributed by atoms with Gasteiger partial charge in [-0.05, 0) is 19.4 Å². The molecule has 0 saturated carbocycles. The van der Waals surface area contributed by atoms with Gasteiger partial charge in [0, 0.05) is 5.56 Å². The van der Waals surface area contributed by atoms with Crippen LogP contribution in [0, 0.1) is 13.8 Å². The van der Waals surface area contributed by atoms with Gasteiger partial charge in [0.15, 0.2) is 0 Å². The predicted molar refractivity (Wildman–Crippen MR) is 49.7 cm³/mol. The van der Waals surface area contributed by atoms with Crippen molar-refractivity contribution >= 4 is 11.8 Å². The van der Waals surface area contributed by atoms with Crippen LogP contribution < -0.4 is 5.32 Å². The van der Waals surface area contributed by atoms with Gasteiger partial charge in [0.1, 0.15) is 6.61 Å². The van der Waals surface area contributed by atoms with Crippen LogP contribution in [0.5, 0.6) is 0 Å². The van der Waals surface area contributed by atoms with E-state index in [9.17, 15) is 4.79 Å². The van der Waals surface area contributed by atoms with Crippen molar-refractivity contribution in [2.75, 3.05) is 5.32 Å². The SMILES string of the molecule is Cc1cc(C)c2c(c1)COC(=O)N2. The quantitative estimate of drug-likeness (QED) is 0.660. The number of carbonyl (C=O) groups is 1. The maximum absolute atomic E-state index is 10.9. The molecular formula is C10H11NO2. The van der Waals surface area contributed by atoms with Gasteiger partial charge in [-0.2, -0.15) is 0 Å². The average Bonchev–Trinajstić information content (AvgIpc) is 2.06. The van der Waals surface area contributed by atoms with E-state index >= 15 is 0 Å². The van der Waals surface area contributed by atoms with Crippen LogP contribution in [0.25, 0.3) is 0 Å². The smallest absolute Gasteiger partial charge is 0.411 e. The number of aryl methyl sites for hydroxylation is 2. The number of benzene rings is 1. The molecule has 2 rings (SSSR count). The molecule has 0 unspecified atom stereocenters. The highest BCUT2D eigenvalue weighted by Gasteiger charge is 2.17. The highest BCUT2D eigenvalue weighted by atomic mass is 16.5. The second-order valence-electron chi connectivity index (χ2n) is 3.32. The van der Waals surface area contributed by atoms with Gasteiger partial charge >= 0.3 is 6.09 Å². The van der Waals surface area contributed by atoms with E-state index in [1.807, 2.05) is 26.0 Å². The summed E-state index contributed by atoms with van der Waals surface area (Å²) < 4.78 is 4.86. The molecule has 1 heterocycles. The van der Waals surface area contributed by atoms with Crippen molar-refractivity contribution in [3.8, 4) is 0 Å². The van der Waals surface area contributed by atoms with Gasteiger partial charge in [-0.1, -0.05) is 17.7 Å². The molecule has 1 amide bonds. The molecule has 0 aliphatic carbocycles. The van der Waals surface area contributed by atoms with E-state index in [0.29, 0.717) is 6.61 Å². The van der Waals surface area contributed by atoms with E-state index in [1.54, 1.807) is 0 Å². The van der Waals surface area contributed by atoms with Gasteiger partial charge in [0.25, 0.3) is 0 Å². The van der Waals surface area contributed by atoms with Crippen molar-refractivity contribution in [3.63, 3.8) is 0 Å². The Bertz CT molecular complexity index is 371. The molecule has 0 fully saturated rings. The van der Waals surface area contributed by atoms with Gasteiger partial charge in [-0.25, -0.2) is 4.79 Å². The second kappa shape index (κ2) is 2.76. The topological polar surface area (TPSA) is 38.3 Å². The third-order valence-corrected chi connectivity index (χ3v) is 2.15. The molecule has 0 saturated heterocycles. The number of amides is 1. The first kappa shape index (κ1) is 8.10. The molecular weight excluding hydrogens is 166 g/mol. The van der Waals surface area contributed by atoms with Crippen LogP contribution in [0.15, 0.2) is 12.1 Å². The maximum atomic E-state index is 10.9. The van der Waals surface area contributed by atoms with Crippen LogP contribution in [0.3, 0.4) is 0 Å². The van der Waals surface area contributed by atoms with E-state index < -0.39 is 0 Å². The first-order valence-corrected chi connectivity index (χ1v) is 4.21. The molecule has 0 bridgehead atoms. The zero-order valence-electron chi connectivity index (χ0n) is 7.68. The number of nitrogens with one attached hydrogen (secondary N) is 1. The summed E-state index contributed by atoms with van der Waals surface area (Å²) in [5.74, 6) is 0. The van der Waals surface area contributed by atoms with Crippen molar-refractivity contribution in [2.45, 2.75) is 20.5 Å². The number of ether oxygens (including phenoxy) is 1. The van der Waals surface area contributed by atoms with Crippen molar-refractivity contribution in [3.05, 3.63) is 28.8 Å². The summed E-state index contributed by atoms with van der Waals surface area (Å²) in [6, 6.07) is 4.08. The van der Waals surface area contributed by atoms with Crippen LogP contribution in [0.2, 0.25) is 0 Å². The Balaban J connectivity index is 2.53. The van der Waals surface area contributed by atoms with Crippen molar-refractivity contribution < 1.29 is 9.53 Å². The van der Waals surface area contributed by atoms with Crippen LogP contribution >= 0.6 is 0 Å². The Labute approximate surface area is 76.7 Å². The number of anilines is 1. The summed E-state index contributed by atoms with van der Waals surface area (Å²) in [6.07, 6.45) is -0.362. The third kappa shape index (κ3) is 1.37. The molecule has 0 atom stereocenters. The minimum atomic E-state index is -0.362. The standard InChI is InChI=1S/C10H11NO2/c1-6-3-7(2)9-8(4-6)5-13-10(12)11-9/h3-4H,5H2,1-2H3,(H,11,12). The number of carbonyl (C=O) groups excluding carboxylic acids is 1. The lowest BCUT2D eigenvalue weighted by Crippen LogP contribution is -2.21. The summed E-state index contributed by atoms with van der Waals surface area (Å²) >= 11 is 0. The summed E-state index contributed by atoms with van der Waals surface area (Å²) in [7, 11) is 0. The lowest BCUT2D eigenvalue weighted by Gasteiger charge is -2.19. The Morgan fingerprint density at radius 2 is 2.15 bits per heavy atom. The van der Waals surface area contributed by atoms with Crippen LogP contribution in [-0.4, -0.2) is 6.09 Å². The molecule has 3 heteroatoms. The predicted octanol–water partition coefficient (Wildman–Crippen LogP) is 2.37. The van der Waals surface area contributed by atoms with E-state index in [1.165, 1.54) is 5.56 Å². The molecule has 3 nitrogen and oxygen atoms in total. The largest absolute Gasteiger partial charge is 0.444 e. The normalized spacial score (nSPS) is 14.5. The highest BCUT2D eigenvalue weighted by Crippen LogP contribution is 2.26. The summed E-state index contributed by atoms with van der Waals surface area (Å²) in [5, 5.41) is 2.69. The van der Waals surface area contributed by atoms with E-state index in [2.05, 4.69) is 5.32 Å². The fraction of sp³-hybridized carbons (Fsp3) is 0.300. The number of cyclic esters (lactones) is 1. The van der Waals surface area contributed by atoms with Gasteiger partial charge in [0.05, 0.1) is 5.69 Å². The number of hydrogen-bond acceptors (Lipinski definition) is 2. The lowest BCUT2D eigenvalue weighted by molar-refractivity contribution is 0.151. The summed E-state index contributed by atoms with van der Waals surface area (Å²) in [5.41, 5.74) is 4.24. The molecule has 1 aliphatic rings. The molecule has 0 aromatic heterocycles. The van der Waals surface area contributed by atoms with Crippen molar-refractivity contribution in [1.82, 2.24) is 0 Å². The minimum Gasteiger partial charge on any atom is -0.444 e. The van der Waals surface area contributed by atoms with Gasteiger partial charge in [-0.3, -0.25) is 5.32 Å². The fourth-order valence-electron chi connectivity index (χ4n) is 1.63. The molecule has 1 aromatic carbocycles. The minimum absolute atomic E-state index is 0.362. The Morgan fingerprint density at radius 3 is 2.92 bits per heavy atom. The van der Waals surface area contributed by atoms with Crippen LogP contribution in [0.4, 0.5) is 10.5 Å². The average molecular weight is 177 g/mol. The molecule has 1 aliphatic heterocycles. The molecule has 1 aromatic rings. The lowest BCUT2D eigenvalue weighted by atomic mass is 10.0. The molecule has 0 radical (unpaired) electrons. The zero-order chi connectivity index (χ0) is 9.42.